The molecule has 0 saturated carbocycles. The average Bonchev–Trinajstić information content (AvgIpc) is 3.76. The summed E-state index contributed by atoms with van der Waals surface area (Å²) in [5.74, 6) is 1.03. The van der Waals surface area contributed by atoms with E-state index >= 15 is 0 Å². The van der Waals surface area contributed by atoms with Gasteiger partial charge in [-0.3, -0.25) is 24.4 Å². The van der Waals surface area contributed by atoms with Gasteiger partial charge in [0.15, 0.2) is 23.0 Å². The first kappa shape index (κ1) is 37.2. The highest BCUT2D eigenvalue weighted by atomic mass is 16.5. The summed E-state index contributed by atoms with van der Waals surface area (Å²) in [6.45, 7) is 5.51. The second-order valence-corrected chi connectivity index (χ2v) is 13.8. The average molecular weight is 749 g/mol. The number of carboxylic acid groups (broad SMARTS) is 1. The summed E-state index contributed by atoms with van der Waals surface area (Å²) in [7, 11) is 3.05. The normalized spacial score (nSPS) is 19.8. The third-order valence-corrected chi connectivity index (χ3v) is 10.2. The van der Waals surface area contributed by atoms with E-state index in [1.165, 1.54) is 25.4 Å². The van der Waals surface area contributed by atoms with Crippen molar-refractivity contribution in [1.29, 1.82) is 0 Å². The summed E-state index contributed by atoms with van der Waals surface area (Å²) < 4.78 is 29.9. The van der Waals surface area contributed by atoms with Crippen LogP contribution in [0.15, 0.2) is 75.7 Å². The van der Waals surface area contributed by atoms with Gasteiger partial charge in [0.2, 0.25) is 0 Å². The fraction of sp³-hybridized carbons (Fsp3) is 0.357. The highest BCUT2D eigenvalue weighted by Crippen LogP contribution is 2.41. The topological polar surface area (TPSA) is 149 Å². The summed E-state index contributed by atoms with van der Waals surface area (Å²) in [6.07, 6.45) is 9.56. The van der Waals surface area contributed by atoms with Crippen molar-refractivity contribution in [3.05, 3.63) is 88.0 Å². The van der Waals surface area contributed by atoms with Crippen molar-refractivity contribution in [3.63, 3.8) is 0 Å². The molecular weight excluding hydrogens is 704 g/mol. The van der Waals surface area contributed by atoms with Crippen LogP contribution in [0.1, 0.15) is 71.4 Å². The largest absolute Gasteiger partial charge is 0.494 e. The molecule has 0 spiro atoms. The predicted octanol–water partition coefficient (Wildman–Crippen LogP) is 6.86. The lowest BCUT2D eigenvalue weighted by Gasteiger charge is -2.20. The molecule has 2 saturated heterocycles. The van der Waals surface area contributed by atoms with Gasteiger partial charge >= 0.3 is 5.97 Å². The molecule has 0 radical (unpaired) electrons. The van der Waals surface area contributed by atoms with Gasteiger partial charge in [0.05, 0.1) is 55.4 Å². The second kappa shape index (κ2) is 16.1. The fourth-order valence-electron chi connectivity index (χ4n) is 7.24. The maximum atomic E-state index is 13.6. The van der Waals surface area contributed by atoms with Gasteiger partial charge in [-0.1, -0.05) is 23.3 Å². The number of allylic oxidation sites excluding steroid dienone is 2. The van der Waals surface area contributed by atoms with Crippen LogP contribution in [-0.4, -0.2) is 91.1 Å². The molecule has 2 fully saturated rings. The van der Waals surface area contributed by atoms with E-state index in [1.54, 1.807) is 24.3 Å². The number of ether oxygens (including phenoxy) is 5. The van der Waals surface area contributed by atoms with Gasteiger partial charge in [-0.15, -0.1) is 0 Å². The number of hydrogen-bond acceptors (Lipinski definition) is 10. The minimum atomic E-state index is -0.896. The van der Waals surface area contributed by atoms with Gasteiger partial charge in [-0.2, -0.15) is 0 Å². The summed E-state index contributed by atoms with van der Waals surface area (Å²) in [6, 6.07) is 12.1. The molecule has 7 rings (SSSR count). The van der Waals surface area contributed by atoms with Crippen LogP contribution in [0.5, 0.6) is 28.7 Å². The van der Waals surface area contributed by atoms with Crippen LogP contribution in [0.25, 0.3) is 0 Å². The number of amides is 2. The standard InChI is InChI=1S/C42H44N4O9/c1-5-25-11-29-19-43-34-17-38(36(51-3)15-32(34)41(49)45(29)21-25)54-23-27-10-28(14-31(13-27)53-9-7-8-40(47)48)24-55-39-18-35-33(16-37(39)52-4)42(50)46-22-26(6-2)12-30(46)20-44-35/h5-6,10,13-20,29-30H,7-9,11-12,21-24H2,1-4H3,(H,47,48)/t29-,30-/m0/s1. The Morgan fingerprint density at radius 3 is 1.65 bits per heavy atom. The Morgan fingerprint density at radius 2 is 1.22 bits per heavy atom. The first-order valence-electron chi connectivity index (χ1n) is 18.3. The third kappa shape index (κ3) is 7.91. The van der Waals surface area contributed by atoms with E-state index in [-0.39, 0.29) is 50.1 Å². The number of carbonyl (C=O) groups excluding carboxylic acids is 2. The van der Waals surface area contributed by atoms with Gasteiger partial charge in [0.1, 0.15) is 19.0 Å². The number of hydrogen-bond donors (Lipinski definition) is 1. The van der Waals surface area contributed by atoms with Crippen molar-refractivity contribution in [2.75, 3.05) is 33.9 Å². The van der Waals surface area contributed by atoms with Crippen LogP contribution in [0, 0.1) is 0 Å². The molecule has 3 aromatic rings. The number of rotatable bonds is 13. The van der Waals surface area contributed by atoms with E-state index in [1.807, 2.05) is 66.4 Å². The molecular formula is C42H44N4O9. The fourth-order valence-corrected chi connectivity index (χ4v) is 7.24. The minimum absolute atomic E-state index is 0.0189. The van der Waals surface area contributed by atoms with Gasteiger partial charge in [0.25, 0.3) is 11.8 Å². The number of carboxylic acids is 1. The van der Waals surface area contributed by atoms with Crippen molar-refractivity contribution >= 4 is 41.6 Å². The number of benzene rings is 3. The van der Waals surface area contributed by atoms with E-state index in [9.17, 15) is 14.4 Å². The Kier molecular flexibility index (Phi) is 10.9. The van der Waals surface area contributed by atoms with E-state index < -0.39 is 5.97 Å². The summed E-state index contributed by atoms with van der Waals surface area (Å²) >= 11 is 0. The molecule has 0 aliphatic carbocycles. The number of aliphatic carboxylic acids is 1. The molecule has 3 aromatic carbocycles. The van der Waals surface area contributed by atoms with Gasteiger partial charge < -0.3 is 38.6 Å². The number of nitrogens with zero attached hydrogens (tertiary/aromatic N) is 4. The Bertz CT molecular complexity index is 2000. The van der Waals surface area contributed by atoms with Crippen molar-refractivity contribution in [2.45, 2.75) is 64.8 Å². The van der Waals surface area contributed by atoms with E-state index in [2.05, 4.69) is 9.98 Å². The lowest BCUT2D eigenvalue weighted by Crippen LogP contribution is -2.35. The van der Waals surface area contributed by atoms with Crippen LogP contribution in [0.4, 0.5) is 11.4 Å². The van der Waals surface area contributed by atoms with E-state index in [4.69, 9.17) is 28.8 Å². The Morgan fingerprint density at radius 1 is 0.727 bits per heavy atom. The number of aliphatic imine (C=N–C) groups is 2. The van der Waals surface area contributed by atoms with E-state index in [0.717, 1.165) is 24.0 Å². The zero-order valence-corrected chi connectivity index (χ0v) is 31.4. The summed E-state index contributed by atoms with van der Waals surface area (Å²) in [5, 5.41) is 9.10. The van der Waals surface area contributed by atoms with Crippen molar-refractivity contribution in [2.24, 2.45) is 9.98 Å². The van der Waals surface area contributed by atoms with Gasteiger partial charge in [-0.05, 0) is 74.6 Å². The monoisotopic (exact) mass is 748 g/mol. The molecule has 55 heavy (non-hydrogen) atoms. The van der Waals surface area contributed by atoms with Gasteiger partial charge in [0, 0.05) is 44.1 Å². The molecule has 4 aliphatic heterocycles. The lowest BCUT2D eigenvalue weighted by atomic mass is 10.1. The molecule has 4 aliphatic rings. The molecule has 0 bridgehead atoms. The first-order valence-corrected chi connectivity index (χ1v) is 18.3. The molecule has 2 amide bonds. The van der Waals surface area contributed by atoms with Crippen molar-refractivity contribution < 1.29 is 43.2 Å². The zero-order valence-electron chi connectivity index (χ0n) is 31.4. The Hall–Kier alpha value is -6.11. The third-order valence-electron chi connectivity index (χ3n) is 10.2. The molecule has 286 valence electrons. The minimum Gasteiger partial charge on any atom is -0.494 e. The number of fused-ring (bicyclic) bond motifs is 4. The Balaban J connectivity index is 1.12. The van der Waals surface area contributed by atoms with Crippen molar-refractivity contribution in [1.82, 2.24) is 9.80 Å². The Labute approximate surface area is 319 Å². The molecule has 4 heterocycles. The predicted molar refractivity (Wildman–Crippen MR) is 206 cm³/mol. The summed E-state index contributed by atoms with van der Waals surface area (Å²) in [4.78, 5) is 51.2. The van der Waals surface area contributed by atoms with Crippen LogP contribution >= 0.6 is 0 Å². The molecule has 13 heteroatoms. The van der Waals surface area contributed by atoms with Crippen LogP contribution < -0.4 is 23.7 Å². The second-order valence-electron chi connectivity index (χ2n) is 13.8. The zero-order chi connectivity index (χ0) is 38.6. The van der Waals surface area contributed by atoms with Crippen LogP contribution in [0.2, 0.25) is 0 Å². The van der Waals surface area contributed by atoms with Crippen molar-refractivity contribution in [3.8, 4) is 28.7 Å². The maximum Gasteiger partial charge on any atom is 0.303 e. The van der Waals surface area contributed by atoms with Gasteiger partial charge in [-0.25, -0.2) is 0 Å². The van der Waals surface area contributed by atoms with Crippen LogP contribution in [-0.2, 0) is 18.0 Å². The lowest BCUT2D eigenvalue weighted by molar-refractivity contribution is -0.137. The number of carbonyl (C=O) groups is 3. The highest BCUT2D eigenvalue weighted by molar-refractivity contribution is 6.04. The smallest absolute Gasteiger partial charge is 0.303 e. The molecule has 2 atom stereocenters. The molecule has 0 unspecified atom stereocenters. The first-order chi connectivity index (χ1) is 26.7. The SMILES string of the molecule is CC=C1C[C@H]2C=Nc3cc(OCc4cc(COc5cc6c(cc5OC)C(=O)N5CC(=CC)C[C@H]5C=N6)cc(OCCCC(=O)O)c4)c(OC)cc3C(=O)N2C1. The maximum absolute atomic E-state index is 13.6. The van der Waals surface area contributed by atoms with Crippen LogP contribution in [0.3, 0.4) is 0 Å². The number of methoxy groups -OCH3 is 2. The quantitative estimate of drug-likeness (QED) is 0.146. The molecule has 13 nitrogen and oxygen atoms in total. The highest BCUT2D eigenvalue weighted by Gasteiger charge is 2.36. The molecule has 1 N–H and O–H groups in total. The molecule has 0 aromatic heterocycles. The summed E-state index contributed by atoms with van der Waals surface area (Å²) in [5.41, 5.74) is 5.79. The van der Waals surface area contributed by atoms with E-state index in [0.29, 0.717) is 70.8 Å².